The molecule has 0 aliphatic rings. The number of aryl methyl sites for hydroxylation is 1. The van der Waals surface area contributed by atoms with Crippen LogP contribution in [0.2, 0.25) is 0 Å². The summed E-state index contributed by atoms with van der Waals surface area (Å²) in [7, 11) is 1.57. The molecule has 25 heavy (non-hydrogen) atoms. The lowest BCUT2D eigenvalue weighted by molar-refractivity contribution is 0.184. The molecular formula is C18H19FN4O2. The van der Waals surface area contributed by atoms with Gasteiger partial charge in [0.2, 0.25) is 0 Å². The van der Waals surface area contributed by atoms with Gasteiger partial charge in [0.15, 0.2) is 0 Å². The van der Waals surface area contributed by atoms with Crippen LogP contribution in [0.5, 0.6) is 0 Å². The first-order chi connectivity index (χ1) is 12.0. The zero-order chi connectivity index (χ0) is 18.0. The summed E-state index contributed by atoms with van der Waals surface area (Å²) in [6.07, 6.45) is 3.38. The van der Waals surface area contributed by atoms with E-state index in [9.17, 15) is 9.18 Å². The Balaban J connectivity index is 1.90. The van der Waals surface area contributed by atoms with E-state index in [1.807, 2.05) is 13.0 Å². The standard InChI is InChI=1S/C18H19FN4O2/c1-11(15-5-4-13(10-25-3)6-16(15)19)23-9-14(8-20-23)17-7-18(24)22-12(2)21-17/h4-9,11H,10H2,1-3H3,(H,21,22,24)/t11-/m1/s1. The van der Waals surface area contributed by atoms with Crippen LogP contribution >= 0.6 is 0 Å². The van der Waals surface area contributed by atoms with Crippen molar-refractivity contribution in [2.45, 2.75) is 26.5 Å². The van der Waals surface area contributed by atoms with E-state index >= 15 is 0 Å². The molecule has 6 nitrogen and oxygen atoms in total. The largest absolute Gasteiger partial charge is 0.380 e. The van der Waals surface area contributed by atoms with Gasteiger partial charge in [-0.3, -0.25) is 9.48 Å². The quantitative estimate of drug-likeness (QED) is 0.774. The lowest BCUT2D eigenvalue weighted by Crippen LogP contribution is -2.10. The summed E-state index contributed by atoms with van der Waals surface area (Å²) in [6, 6.07) is 6.17. The summed E-state index contributed by atoms with van der Waals surface area (Å²) in [5.41, 5.74) is 2.33. The number of aromatic nitrogens is 4. The van der Waals surface area contributed by atoms with Gasteiger partial charge in [0, 0.05) is 30.5 Å². The third-order valence-electron chi connectivity index (χ3n) is 3.98. The molecule has 0 spiro atoms. The maximum absolute atomic E-state index is 14.4. The Hall–Kier alpha value is -2.80. The molecule has 0 saturated carbocycles. The molecule has 2 heterocycles. The second kappa shape index (κ2) is 6.98. The first-order valence-electron chi connectivity index (χ1n) is 7.87. The average molecular weight is 342 g/mol. The van der Waals surface area contributed by atoms with E-state index in [0.717, 1.165) is 5.56 Å². The van der Waals surface area contributed by atoms with Crippen LogP contribution < -0.4 is 5.56 Å². The van der Waals surface area contributed by atoms with Crippen LogP contribution in [0.3, 0.4) is 0 Å². The monoisotopic (exact) mass is 342 g/mol. The minimum absolute atomic E-state index is 0.219. The van der Waals surface area contributed by atoms with Gasteiger partial charge < -0.3 is 9.72 Å². The highest BCUT2D eigenvalue weighted by Gasteiger charge is 2.15. The molecule has 2 aromatic heterocycles. The number of hydrogen-bond donors (Lipinski definition) is 1. The number of ether oxygens (including phenoxy) is 1. The Morgan fingerprint density at radius 2 is 2.16 bits per heavy atom. The first kappa shape index (κ1) is 17.0. The number of nitrogens with one attached hydrogen (secondary N) is 1. The number of H-pyrrole nitrogens is 1. The predicted octanol–water partition coefficient (Wildman–Crippen LogP) is 2.84. The van der Waals surface area contributed by atoms with Gasteiger partial charge in [-0.15, -0.1) is 0 Å². The number of aromatic amines is 1. The summed E-state index contributed by atoms with van der Waals surface area (Å²) >= 11 is 0. The smallest absolute Gasteiger partial charge is 0.251 e. The molecule has 0 unspecified atom stereocenters. The van der Waals surface area contributed by atoms with Crippen molar-refractivity contribution in [3.05, 3.63) is 69.8 Å². The molecule has 7 heteroatoms. The molecule has 3 rings (SSSR count). The second-order valence-electron chi connectivity index (χ2n) is 5.89. The van der Waals surface area contributed by atoms with Crippen molar-refractivity contribution < 1.29 is 9.13 Å². The van der Waals surface area contributed by atoms with Crippen molar-refractivity contribution in [3.8, 4) is 11.3 Å². The summed E-state index contributed by atoms with van der Waals surface area (Å²) in [5, 5.41) is 4.30. The summed E-state index contributed by atoms with van der Waals surface area (Å²) in [6.45, 7) is 3.95. The van der Waals surface area contributed by atoms with E-state index in [1.165, 1.54) is 12.1 Å². The molecule has 0 saturated heterocycles. The summed E-state index contributed by atoms with van der Waals surface area (Å²) < 4.78 is 21.1. The van der Waals surface area contributed by atoms with Crippen molar-refractivity contribution in [1.82, 2.24) is 19.7 Å². The number of methoxy groups -OCH3 is 1. The zero-order valence-electron chi connectivity index (χ0n) is 14.3. The van der Waals surface area contributed by atoms with Crippen LogP contribution in [-0.4, -0.2) is 26.9 Å². The second-order valence-corrected chi connectivity index (χ2v) is 5.89. The van der Waals surface area contributed by atoms with Crippen molar-refractivity contribution in [2.75, 3.05) is 7.11 Å². The van der Waals surface area contributed by atoms with E-state index < -0.39 is 0 Å². The minimum atomic E-state index is -0.302. The molecule has 1 N–H and O–H groups in total. The van der Waals surface area contributed by atoms with Crippen molar-refractivity contribution in [3.63, 3.8) is 0 Å². The molecule has 130 valence electrons. The maximum Gasteiger partial charge on any atom is 0.251 e. The third kappa shape index (κ3) is 3.66. The molecule has 0 fully saturated rings. The predicted molar refractivity (Wildman–Crippen MR) is 91.7 cm³/mol. The molecule has 0 radical (unpaired) electrons. The van der Waals surface area contributed by atoms with Gasteiger partial charge in [-0.25, -0.2) is 9.37 Å². The van der Waals surface area contributed by atoms with Crippen molar-refractivity contribution in [1.29, 1.82) is 0 Å². The topological polar surface area (TPSA) is 72.8 Å². The highest BCUT2D eigenvalue weighted by molar-refractivity contribution is 5.56. The van der Waals surface area contributed by atoms with Gasteiger partial charge >= 0.3 is 0 Å². The number of nitrogens with zero attached hydrogens (tertiary/aromatic N) is 3. The van der Waals surface area contributed by atoms with Crippen LogP contribution in [0.15, 0.2) is 41.5 Å². The zero-order valence-corrected chi connectivity index (χ0v) is 14.3. The Labute approximate surface area is 144 Å². The molecule has 0 bridgehead atoms. The highest BCUT2D eigenvalue weighted by Crippen LogP contribution is 2.24. The molecular weight excluding hydrogens is 323 g/mol. The highest BCUT2D eigenvalue weighted by atomic mass is 19.1. The lowest BCUT2D eigenvalue weighted by atomic mass is 10.1. The maximum atomic E-state index is 14.4. The molecule has 1 aromatic carbocycles. The van der Waals surface area contributed by atoms with Crippen LogP contribution in [0.4, 0.5) is 4.39 Å². The Kier molecular flexibility index (Phi) is 4.76. The van der Waals surface area contributed by atoms with Crippen LogP contribution in [0.1, 0.15) is 29.9 Å². The van der Waals surface area contributed by atoms with Gasteiger partial charge in [0.25, 0.3) is 5.56 Å². The Morgan fingerprint density at radius 3 is 2.84 bits per heavy atom. The van der Waals surface area contributed by atoms with Gasteiger partial charge in [-0.2, -0.15) is 5.10 Å². The number of hydrogen-bond acceptors (Lipinski definition) is 4. The molecule has 0 amide bonds. The van der Waals surface area contributed by atoms with E-state index in [2.05, 4.69) is 15.1 Å². The SMILES string of the molecule is COCc1ccc([C@@H](C)n2cc(-c3cc(=O)[nH]c(C)n3)cn2)c(F)c1. The number of benzene rings is 1. The normalized spacial score (nSPS) is 12.3. The summed E-state index contributed by atoms with van der Waals surface area (Å²) in [5.74, 6) is 0.229. The number of halogens is 1. The fraction of sp³-hybridized carbons (Fsp3) is 0.278. The lowest BCUT2D eigenvalue weighted by Gasteiger charge is -2.14. The van der Waals surface area contributed by atoms with E-state index in [1.54, 1.807) is 37.2 Å². The van der Waals surface area contributed by atoms with E-state index in [-0.39, 0.29) is 17.4 Å². The van der Waals surface area contributed by atoms with Crippen LogP contribution in [-0.2, 0) is 11.3 Å². The van der Waals surface area contributed by atoms with Crippen LogP contribution in [0.25, 0.3) is 11.3 Å². The Morgan fingerprint density at radius 1 is 1.36 bits per heavy atom. The van der Waals surface area contributed by atoms with E-state index in [4.69, 9.17) is 4.74 Å². The van der Waals surface area contributed by atoms with Crippen molar-refractivity contribution in [2.24, 2.45) is 0 Å². The fourth-order valence-electron chi connectivity index (χ4n) is 2.72. The molecule has 3 aromatic rings. The van der Waals surface area contributed by atoms with Gasteiger partial charge in [-0.1, -0.05) is 12.1 Å². The third-order valence-corrected chi connectivity index (χ3v) is 3.98. The van der Waals surface area contributed by atoms with Gasteiger partial charge in [-0.05, 0) is 25.5 Å². The molecule has 1 atom stereocenters. The van der Waals surface area contributed by atoms with Crippen LogP contribution in [0, 0.1) is 12.7 Å². The Bertz CT molecular complexity index is 948. The average Bonchev–Trinajstić information content (AvgIpc) is 3.04. The fourth-order valence-corrected chi connectivity index (χ4v) is 2.72. The van der Waals surface area contributed by atoms with Gasteiger partial charge in [0.05, 0.1) is 24.5 Å². The van der Waals surface area contributed by atoms with Gasteiger partial charge in [0.1, 0.15) is 11.6 Å². The molecule has 0 aliphatic heterocycles. The minimum Gasteiger partial charge on any atom is -0.380 e. The van der Waals surface area contributed by atoms with Crippen molar-refractivity contribution >= 4 is 0 Å². The summed E-state index contributed by atoms with van der Waals surface area (Å²) in [4.78, 5) is 18.5. The molecule has 0 aliphatic carbocycles. The first-order valence-corrected chi connectivity index (χ1v) is 7.87. The number of rotatable bonds is 5. The van der Waals surface area contributed by atoms with E-state index in [0.29, 0.717) is 29.3 Å².